The van der Waals surface area contributed by atoms with Crippen LogP contribution < -0.4 is 11.1 Å². The molecule has 0 fully saturated rings. The van der Waals surface area contributed by atoms with E-state index in [1.54, 1.807) is 12.3 Å². The van der Waals surface area contributed by atoms with Crippen molar-refractivity contribution in [1.82, 2.24) is 4.98 Å². The molecule has 0 bridgehead atoms. The molecule has 3 N–H and O–H groups in total. The van der Waals surface area contributed by atoms with Gasteiger partial charge in [-0.15, -0.1) is 0 Å². The van der Waals surface area contributed by atoms with Gasteiger partial charge in [0, 0.05) is 17.3 Å². The van der Waals surface area contributed by atoms with E-state index in [1.807, 2.05) is 32.0 Å². The van der Waals surface area contributed by atoms with Crippen molar-refractivity contribution in [2.75, 3.05) is 18.2 Å². The van der Waals surface area contributed by atoms with Gasteiger partial charge in [-0.2, -0.15) is 0 Å². The number of aromatic nitrogens is 1. The van der Waals surface area contributed by atoms with E-state index < -0.39 is 6.04 Å². The molecule has 0 radical (unpaired) electrons. The molecule has 2 aromatic rings. The Balaban J connectivity index is 2.43. The summed E-state index contributed by atoms with van der Waals surface area (Å²) in [5.41, 5.74) is 8.14. The number of fused-ring (bicyclic) bond motifs is 1. The quantitative estimate of drug-likeness (QED) is 0.661. The third kappa shape index (κ3) is 2.66. The van der Waals surface area contributed by atoms with Gasteiger partial charge in [-0.3, -0.25) is 4.98 Å². The number of benzene rings is 1. The van der Waals surface area contributed by atoms with Gasteiger partial charge in [-0.25, -0.2) is 4.79 Å². The average molecular weight is 273 g/mol. The number of nitrogens with two attached hydrogens (primary N) is 1. The molecule has 1 atom stereocenters. The molecule has 5 heteroatoms. The normalized spacial score (nSPS) is 12.4. The van der Waals surface area contributed by atoms with Gasteiger partial charge in [0.25, 0.3) is 0 Å². The van der Waals surface area contributed by atoms with Crippen molar-refractivity contribution in [3.05, 3.63) is 30.5 Å². The molecule has 0 aliphatic heterocycles. The Bertz CT molecular complexity index is 626. The third-order valence-electron chi connectivity index (χ3n) is 3.24. The summed E-state index contributed by atoms with van der Waals surface area (Å²) in [7, 11) is 1.39. The maximum absolute atomic E-state index is 11.8. The van der Waals surface area contributed by atoms with E-state index >= 15 is 0 Å². The van der Waals surface area contributed by atoms with Crippen LogP contribution in [0.3, 0.4) is 0 Å². The average Bonchev–Trinajstić information content (AvgIpc) is 2.46. The molecule has 0 spiro atoms. The molecule has 0 aliphatic rings. The van der Waals surface area contributed by atoms with Crippen molar-refractivity contribution in [2.45, 2.75) is 19.9 Å². The second kappa shape index (κ2) is 5.77. The monoisotopic (exact) mass is 273 g/mol. The minimum Gasteiger partial charge on any atom is -0.467 e. The number of rotatable bonds is 4. The van der Waals surface area contributed by atoms with Gasteiger partial charge in [0.1, 0.15) is 6.04 Å². The first-order valence-electron chi connectivity index (χ1n) is 6.52. The van der Waals surface area contributed by atoms with E-state index in [0.29, 0.717) is 5.69 Å². The van der Waals surface area contributed by atoms with Crippen molar-refractivity contribution >= 4 is 28.2 Å². The van der Waals surface area contributed by atoms with Gasteiger partial charge < -0.3 is 15.8 Å². The molecule has 0 amide bonds. The van der Waals surface area contributed by atoms with E-state index in [4.69, 9.17) is 10.5 Å². The predicted octanol–water partition coefficient (Wildman–Crippen LogP) is 2.43. The number of carbonyl (C=O) groups is 1. The number of nitrogens with zero attached hydrogens (tertiary/aromatic N) is 1. The molecular formula is C15H19N3O2. The fraction of sp³-hybridized carbons (Fsp3) is 0.333. The number of carbonyl (C=O) groups excluding carboxylic acids is 1. The first-order chi connectivity index (χ1) is 9.54. The molecule has 0 saturated carbocycles. The SMILES string of the molecule is COC(=O)C(Nc1ccc(N)c2cccnc12)C(C)C. The smallest absolute Gasteiger partial charge is 0.328 e. The van der Waals surface area contributed by atoms with E-state index in [-0.39, 0.29) is 11.9 Å². The summed E-state index contributed by atoms with van der Waals surface area (Å²) in [6, 6.07) is 6.96. The zero-order valence-corrected chi connectivity index (χ0v) is 11.9. The van der Waals surface area contributed by atoms with E-state index in [2.05, 4.69) is 10.3 Å². The minimum absolute atomic E-state index is 0.0961. The number of nitrogen functional groups attached to an aromatic ring is 1. The van der Waals surface area contributed by atoms with Gasteiger partial charge in [-0.1, -0.05) is 13.8 Å². The topological polar surface area (TPSA) is 77.2 Å². The molecule has 1 aromatic carbocycles. The maximum atomic E-state index is 11.8. The number of nitrogens with one attached hydrogen (secondary N) is 1. The summed E-state index contributed by atoms with van der Waals surface area (Å²) >= 11 is 0. The Morgan fingerprint density at radius 3 is 2.75 bits per heavy atom. The molecule has 1 aromatic heterocycles. The van der Waals surface area contributed by atoms with Crippen molar-refractivity contribution < 1.29 is 9.53 Å². The lowest BCUT2D eigenvalue weighted by atomic mass is 10.0. The summed E-state index contributed by atoms with van der Waals surface area (Å²) in [5, 5.41) is 4.07. The maximum Gasteiger partial charge on any atom is 0.328 e. The van der Waals surface area contributed by atoms with E-state index in [9.17, 15) is 4.79 Å². The molecule has 1 heterocycles. The van der Waals surface area contributed by atoms with Crippen LogP contribution in [0.2, 0.25) is 0 Å². The molecule has 0 aliphatic carbocycles. The standard InChI is InChI=1S/C15H19N3O2/c1-9(2)13(15(19)20-3)18-12-7-6-11(16)10-5-4-8-17-14(10)12/h4-9,13,18H,16H2,1-3H3. The summed E-state index contributed by atoms with van der Waals surface area (Å²) in [4.78, 5) is 16.2. The Hall–Kier alpha value is -2.30. The van der Waals surface area contributed by atoms with Crippen molar-refractivity contribution in [2.24, 2.45) is 5.92 Å². The van der Waals surface area contributed by atoms with Gasteiger partial charge in [-0.05, 0) is 30.2 Å². The van der Waals surface area contributed by atoms with Crippen LogP contribution in [0.15, 0.2) is 30.5 Å². The van der Waals surface area contributed by atoms with Crippen molar-refractivity contribution in [3.63, 3.8) is 0 Å². The van der Waals surface area contributed by atoms with Crippen molar-refractivity contribution in [1.29, 1.82) is 0 Å². The number of hydrogen-bond acceptors (Lipinski definition) is 5. The molecule has 0 saturated heterocycles. The van der Waals surface area contributed by atoms with Gasteiger partial charge in [0.05, 0.1) is 18.3 Å². The zero-order chi connectivity index (χ0) is 14.7. The number of hydrogen-bond donors (Lipinski definition) is 2. The number of anilines is 2. The van der Waals surface area contributed by atoms with Crippen LogP contribution in [0.25, 0.3) is 10.9 Å². The van der Waals surface area contributed by atoms with E-state index in [1.165, 1.54) is 7.11 Å². The fourth-order valence-electron chi connectivity index (χ4n) is 2.10. The highest BCUT2D eigenvalue weighted by molar-refractivity contribution is 5.99. The highest BCUT2D eigenvalue weighted by Crippen LogP contribution is 2.27. The second-order valence-corrected chi connectivity index (χ2v) is 4.99. The van der Waals surface area contributed by atoms with Crippen LogP contribution >= 0.6 is 0 Å². The van der Waals surface area contributed by atoms with Crippen LogP contribution in [-0.4, -0.2) is 24.1 Å². The van der Waals surface area contributed by atoms with Crippen LogP contribution in [0.1, 0.15) is 13.8 Å². The van der Waals surface area contributed by atoms with Crippen molar-refractivity contribution in [3.8, 4) is 0 Å². The summed E-state index contributed by atoms with van der Waals surface area (Å²) in [6.45, 7) is 3.92. The van der Waals surface area contributed by atoms with Crippen LogP contribution in [0, 0.1) is 5.92 Å². The number of ether oxygens (including phenoxy) is 1. The van der Waals surface area contributed by atoms with Crippen LogP contribution in [0.4, 0.5) is 11.4 Å². The highest BCUT2D eigenvalue weighted by Gasteiger charge is 2.23. The minimum atomic E-state index is -0.422. The molecular weight excluding hydrogens is 254 g/mol. The zero-order valence-electron chi connectivity index (χ0n) is 11.9. The van der Waals surface area contributed by atoms with Crippen LogP contribution in [0.5, 0.6) is 0 Å². The summed E-state index contributed by atoms with van der Waals surface area (Å²) in [6.07, 6.45) is 1.70. The van der Waals surface area contributed by atoms with Gasteiger partial charge >= 0.3 is 5.97 Å². The predicted molar refractivity (Wildman–Crippen MR) is 80.4 cm³/mol. The highest BCUT2D eigenvalue weighted by atomic mass is 16.5. The number of esters is 1. The molecule has 5 nitrogen and oxygen atoms in total. The molecule has 106 valence electrons. The lowest BCUT2D eigenvalue weighted by molar-refractivity contribution is -0.142. The largest absolute Gasteiger partial charge is 0.467 e. The van der Waals surface area contributed by atoms with E-state index in [0.717, 1.165) is 16.6 Å². The number of pyridine rings is 1. The molecule has 20 heavy (non-hydrogen) atoms. The summed E-state index contributed by atoms with van der Waals surface area (Å²) < 4.78 is 4.84. The Morgan fingerprint density at radius 1 is 1.35 bits per heavy atom. The van der Waals surface area contributed by atoms with Gasteiger partial charge in [0.2, 0.25) is 0 Å². The lowest BCUT2D eigenvalue weighted by Gasteiger charge is -2.21. The molecule has 2 rings (SSSR count). The Morgan fingerprint density at radius 2 is 2.10 bits per heavy atom. The lowest BCUT2D eigenvalue weighted by Crippen LogP contribution is -2.35. The number of methoxy groups -OCH3 is 1. The Kier molecular flexibility index (Phi) is 4.08. The van der Waals surface area contributed by atoms with Gasteiger partial charge in [0.15, 0.2) is 0 Å². The first kappa shape index (κ1) is 14.1. The second-order valence-electron chi connectivity index (χ2n) is 4.99. The molecule has 1 unspecified atom stereocenters. The summed E-state index contributed by atoms with van der Waals surface area (Å²) in [5.74, 6) is -0.195. The van der Waals surface area contributed by atoms with Crippen LogP contribution in [-0.2, 0) is 9.53 Å². The first-order valence-corrected chi connectivity index (χ1v) is 6.52. The third-order valence-corrected chi connectivity index (χ3v) is 3.24. The fourth-order valence-corrected chi connectivity index (χ4v) is 2.10. The Labute approximate surface area is 118 Å².